The van der Waals surface area contributed by atoms with Crippen molar-refractivity contribution >= 4 is 41.2 Å². The number of alkyl halides is 1. The number of hydrogen-bond acceptors (Lipinski definition) is 9. The van der Waals surface area contributed by atoms with Crippen molar-refractivity contribution in [3.8, 4) is 0 Å². The van der Waals surface area contributed by atoms with Crippen LogP contribution in [0.15, 0.2) is 0 Å². The Balaban J connectivity index is 2.97. The van der Waals surface area contributed by atoms with E-state index in [1.165, 1.54) is 6.92 Å². The second kappa shape index (κ2) is 13.9. The van der Waals surface area contributed by atoms with Crippen LogP contribution in [0.1, 0.15) is 33.6 Å². The molecule has 0 aromatic rings. The Morgan fingerprint density at radius 3 is 2.27 bits per heavy atom. The number of esters is 1. The molecule has 6 atom stereocenters. The summed E-state index contributed by atoms with van der Waals surface area (Å²) in [6, 6.07) is -2.49. The van der Waals surface area contributed by atoms with Crippen molar-refractivity contribution in [1.82, 2.24) is 21.3 Å². The van der Waals surface area contributed by atoms with Gasteiger partial charge in [-0.3, -0.25) is 24.0 Å². The van der Waals surface area contributed by atoms with E-state index in [0.717, 1.165) is 6.92 Å². The fourth-order valence-corrected chi connectivity index (χ4v) is 3.12. The molecule has 4 amide bonds. The standard InChI is InChI=1S/C19H31ClN4O9/c1-4-5-21-18(31)11(23-14(28)7-20)6-13(27)24-19-15(22-9(2)25)17(30)16(29)12(33-19)8-32-10(3)26/h11-12,15-17,19,29-30H,4-8H2,1-3H3,(H,21,31)(H,22,25)(H,23,28)(H,24,27)/t11-,12+,15+,16+,17+,19+/m0/s1. The lowest BCUT2D eigenvalue weighted by Gasteiger charge is -2.43. The summed E-state index contributed by atoms with van der Waals surface area (Å²) >= 11 is 5.47. The SMILES string of the molecule is CCCNC(=O)[C@H](CC(=O)N[C@@H]1O[C@H](COC(C)=O)[C@@H](O)[C@H](O)[C@H]1NC(C)=O)NC(=O)CCl. The van der Waals surface area contributed by atoms with Gasteiger partial charge in [-0.2, -0.15) is 0 Å². The first-order valence-corrected chi connectivity index (χ1v) is 10.9. The second-order valence-electron chi connectivity index (χ2n) is 7.42. The number of aliphatic hydroxyl groups is 2. The molecule has 0 unspecified atom stereocenters. The average Bonchev–Trinajstić information content (AvgIpc) is 2.75. The van der Waals surface area contributed by atoms with Gasteiger partial charge in [-0.05, 0) is 6.42 Å². The molecule has 0 aliphatic carbocycles. The van der Waals surface area contributed by atoms with E-state index < -0.39 is 85.1 Å². The molecule has 1 saturated heterocycles. The summed E-state index contributed by atoms with van der Waals surface area (Å²) in [6.07, 6.45) is -5.54. The van der Waals surface area contributed by atoms with E-state index in [1.54, 1.807) is 0 Å². The molecular formula is C19H31ClN4O9. The van der Waals surface area contributed by atoms with Crippen molar-refractivity contribution in [3.05, 3.63) is 0 Å². The third kappa shape index (κ3) is 9.50. The smallest absolute Gasteiger partial charge is 0.302 e. The van der Waals surface area contributed by atoms with Crippen LogP contribution in [-0.2, 0) is 33.4 Å². The van der Waals surface area contributed by atoms with E-state index in [1.807, 2.05) is 6.92 Å². The third-order valence-electron chi connectivity index (χ3n) is 4.58. The summed E-state index contributed by atoms with van der Waals surface area (Å²) in [5.41, 5.74) is 0. The molecule has 1 fully saturated rings. The van der Waals surface area contributed by atoms with Gasteiger partial charge in [0.15, 0.2) is 6.23 Å². The van der Waals surface area contributed by atoms with E-state index in [4.69, 9.17) is 21.1 Å². The molecule has 1 heterocycles. The fourth-order valence-electron chi connectivity index (χ4n) is 3.04. The number of halogens is 1. The quantitative estimate of drug-likeness (QED) is 0.130. The Kier molecular flexibility index (Phi) is 12.1. The maximum Gasteiger partial charge on any atom is 0.302 e. The molecule has 1 rings (SSSR count). The zero-order valence-electron chi connectivity index (χ0n) is 18.6. The molecule has 14 heteroatoms. The molecule has 0 radical (unpaired) electrons. The van der Waals surface area contributed by atoms with Gasteiger partial charge < -0.3 is 41.0 Å². The van der Waals surface area contributed by atoms with Crippen LogP contribution in [0.5, 0.6) is 0 Å². The van der Waals surface area contributed by atoms with Gasteiger partial charge in [0, 0.05) is 20.4 Å². The van der Waals surface area contributed by atoms with E-state index in [0.29, 0.717) is 13.0 Å². The van der Waals surface area contributed by atoms with Crippen molar-refractivity contribution in [3.63, 3.8) is 0 Å². The van der Waals surface area contributed by atoms with Gasteiger partial charge in [0.25, 0.3) is 0 Å². The first-order valence-electron chi connectivity index (χ1n) is 10.3. The summed E-state index contributed by atoms with van der Waals surface area (Å²) in [4.78, 5) is 59.3. The van der Waals surface area contributed by atoms with Crippen molar-refractivity contribution in [1.29, 1.82) is 0 Å². The largest absolute Gasteiger partial charge is 0.463 e. The van der Waals surface area contributed by atoms with Crippen molar-refractivity contribution in [2.24, 2.45) is 0 Å². The highest BCUT2D eigenvalue weighted by Gasteiger charge is 2.46. The van der Waals surface area contributed by atoms with Crippen LogP contribution in [0, 0.1) is 0 Å². The van der Waals surface area contributed by atoms with E-state index in [2.05, 4.69) is 21.3 Å². The average molecular weight is 495 g/mol. The minimum Gasteiger partial charge on any atom is -0.463 e. The van der Waals surface area contributed by atoms with Gasteiger partial charge in [-0.25, -0.2) is 0 Å². The first kappa shape index (κ1) is 28.6. The van der Waals surface area contributed by atoms with Gasteiger partial charge >= 0.3 is 5.97 Å². The van der Waals surface area contributed by atoms with E-state index in [-0.39, 0.29) is 0 Å². The van der Waals surface area contributed by atoms with Crippen LogP contribution in [0.4, 0.5) is 0 Å². The van der Waals surface area contributed by atoms with Crippen molar-refractivity contribution in [2.45, 2.75) is 70.2 Å². The Morgan fingerprint density at radius 2 is 1.73 bits per heavy atom. The molecule has 0 aromatic carbocycles. The number of carbonyl (C=O) groups excluding carboxylic acids is 5. The molecule has 13 nitrogen and oxygen atoms in total. The summed E-state index contributed by atoms with van der Waals surface area (Å²) in [7, 11) is 0. The van der Waals surface area contributed by atoms with Crippen LogP contribution in [0.25, 0.3) is 0 Å². The molecular weight excluding hydrogens is 464 g/mol. The highest BCUT2D eigenvalue weighted by Crippen LogP contribution is 2.21. The zero-order chi connectivity index (χ0) is 25.1. The molecule has 6 N–H and O–H groups in total. The number of rotatable bonds is 11. The summed E-state index contributed by atoms with van der Waals surface area (Å²) in [6.45, 7) is 4.04. The predicted molar refractivity (Wildman–Crippen MR) is 114 cm³/mol. The summed E-state index contributed by atoms with van der Waals surface area (Å²) < 4.78 is 10.4. The van der Waals surface area contributed by atoms with Gasteiger partial charge in [0.2, 0.25) is 23.6 Å². The zero-order valence-corrected chi connectivity index (χ0v) is 19.4. The molecule has 1 aliphatic heterocycles. The molecule has 1 aliphatic rings. The molecule has 33 heavy (non-hydrogen) atoms. The molecule has 188 valence electrons. The van der Waals surface area contributed by atoms with Crippen LogP contribution < -0.4 is 21.3 Å². The fraction of sp³-hybridized carbons (Fsp3) is 0.737. The topological polar surface area (TPSA) is 192 Å². The number of ether oxygens (including phenoxy) is 2. The number of carbonyl (C=O) groups is 5. The number of aliphatic hydroxyl groups excluding tert-OH is 2. The first-order chi connectivity index (χ1) is 15.5. The highest BCUT2D eigenvalue weighted by molar-refractivity contribution is 6.27. The molecule has 0 spiro atoms. The minimum atomic E-state index is -1.58. The van der Waals surface area contributed by atoms with Gasteiger partial charge in [0.1, 0.15) is 42.9 Å². The van der Waals surface area contributed by atoms with Crippen LogP contribution in [-0.4, -0.2) is 95.5 Å². The summed E-state index contributed by atoms with van der Waals surface area (Å²) in [5, 5.41) is 30.4. The van der Waals surface area contributed by atoms with Gasteiger partial charge in [-0.15, -0.1) is 11.6 Å². The lowest BCUT2D eigenvalue weighted by Crippen LogP contribution is -2.68. The minimum absolute atomic E-state index is 0.325. The number of hydrogen-bond donors (Lipinski definition) is 6. The van der Waals surface area contributed by atoms with Crippen LogP contribution >= 0.6 is 11.6 Å². The Morgan fingerprint density at radius 1 is 1.06 bits per heavy atom. The lowest BCUT2D eigenvalue weighted by molar-refractivity contribution is -0.208. The monoisotopic (exact) mass is 494 g/mol. The normalized spacial score (nSPS) is 25.3. The Hall–Kier alpha value is -2.48. The molecule has 0 aromatic heterocycles. The van der Waals surface area contributed by atoms with Gasteiger partial charge in [0.05, 0.1) is 6.42 Å². The number of nitrogens with one attached hydrogen (secondary N) is 4. The summed E-state index contributed by atoms with van der Waals surface area (Å²) in [5.74, 6) is -3.67. The Bertz CT molecular complexity index is 721. The maximum atomic E-state index is 12.7. The predicted octanol–water partition coefficient (Wildman–Crippen LogP) is -2.74. The van der Waals surface area contributed by atoms with E-state index in [9.17, 15) is 34.2 Å². The van der Waals surface area contributed by atoms with Gasteiger partial charge in [-0.1, -0.05) is 6.92 Å². The third-order valence-corrected chi connectivity index (χ3v) is 4.82. The van der Waals surface area contributed by atoms with Crippen molar-refractivity contribution < 1.29 is 43.7 Å². The molecule has 0 saturated carbocycles. The second-order valence-corrected chi connectivity index (χ2v) is 7.69. The Labute approximate surface area is 195 Å². The van der Waals surface area contributed by atoms with Crippen molar-refractivity contribution in [2.75, 3.05) is 19.0 Å². The number of amides is 4. The van der Waals surface area contributed by atoms with Crippen LogP contribution in [0.2, 0.25) is 0 Å². The van der Waals surface area contributed by atoms with E-state index >= 15 is 0 Å². The maximum absolute atomic E-state index is 12.7. The molecule has 0 bridgehead atoms. The highest BCUT2D eigenvalue weighted by atomic mass is 35.5. The lowest BCUT2D eigenvalue weighted by atomic mass is 9.95. The van der Waals surface area contributed by atoms with Crippen LogP contribution in [0.3, 0.4) is 0 Å².